The number of fused-ring (bicyclic) bond motifs is 1. The molecule has 0 spiro atoms. The van der Waals surface area contributed by atoms with Crippen LogP contribution in [0.25, 0.3) is 11.0 Å². The second-order valence-electron chi connectivity index (χ2n) is 5.19. The summed E-state index contributed by atoms with van der Waals surface area (Å²) in [7, 11) is 0. The number of hydrogen-bond acceptors (Lipinski definition) is 3. The standard InChI is InChI=1S/C14H17BrN2O2/c1-8(17-14(2,3)13(16)18)12-7-9-6-10(15)4-5-11(9)19-12/h4-8,17H,1-3H3,(H2,16,18). The minimum atomic E-state index is -0.779. The van der Waals surface area contributed by atoms with Gasteiger partial charge in [-0.25, -0.2) is 0 Å². The van der Waals surface area contributed by atoms with Gasteiger partial charge in [0.1, 0.15) is 11.3 Å². The van der Waals surface area contributed by atoms with E-state index in [1.54, 1.807) is 13.8 Å². The maximum Gasteiger partial charge on any atom is 0.237 e. The SMILES string of the molecule is CC(NC(C)(C)C(N)=O)c1cc2cc(Br)ccc2o1. The minimum absolute atomic E-state index is 0.103. The van der Waals surface area contributed by atoms with Crippen LogP contribution in [0.5, 0.6) is 0 Å². The molecule has 1 heterocycles. The van der Waals surface area contributed by atoms with Crippen molar-refractivity contribution in [2.24, 2.45) is 5.73 Å². The molecule has 0 saturated heterocycles. The number of furan rings is 1. The van der Waals surface area contributed by atoms with Crippen LogP contribution in [-0.4, -0.2) is 11.4 Å². The Morgan fingerprint density at radius 2 is 2.11 bits per heavy atom. The second kappa shape index (κ2) is 4.98. The van der Waals surface area contributed by atoms with Crippen LogP contribution in [-0.2, 0) is 4.79 Å². The molecule has 0 radical (unpaired) electrons. The number of amides is 1. The fourth-order valence-corrected chi connectivity index (χ4v) is 2.31. The molecule has 1 atom stereocenters. The van der Waals surface area contributed by atoms with Crippen LogP contribution in [0.4, 0.5) is 0 Å². The van der Waals surface area contributed by atoms with Crippen molar-refractivity contribution in [3.8, 4) is 0 Å². The zero-order valence-electron chi connectivity index (χ0n) is 11.2. The summed E-state index contributed by atoms with van der Waals surface area (Å²) < 4.78 is 6.78. The van der Waals surface area contributed by atoms with Crippen molar-refractivity contribution < 1.29 is 9.21 Å². The number of rotatable bonds is 4. The number of carbonyl (C=O) groups excluding carboxylic acids is 1. The van der Waals surface area contributed by atoms with E-state index >= 15 is 0 Å². The molecule has 0 fully saturated rings. The van der Waals surface area contributed by atoms with E-state index in [1.807, 2.05) is 31.2 Å². The Bertz CT molecular complexity index is 619. The van der Waals surface area contributed by atoms with E-state index in [1.165, 1.54) is 0 Å². The van der Waals surface area contributed by atoms with Gasteiger partial charge in [0.2, 0.25) is 5.91 Å². The summed E-state index contributed by atoms with van der Waals surface area (Å²) in [6, 6.07) is 7.70. The molecular weight excluding hydrogens is 308 g/mol. The first-order chi connectivity index (χ1) is 8.79. The van der Waals surface area contributed by atoms with E-state index in [-0.39, 0.29) is 6.04 Å². The third-order valence-corrected chi connectivity index (χ3v) is 3.61. The average molecular weight is 325 g/mol. The number of nitrogens with one attached hydrogen (secondary N) is 1. The molecule has 0 bridgehead atoms. The molecule has 2 aromatic rings. The largest absolute Gasteiger partial charge is 0.459 e. The van der Waals surface area contributed by atoms with Gasteiger partial charge in [-0.05, 0) is 45.0 Å². The molecule has 19 heavy (non-hydrogen) atoms. The topological polar surface area (TPSA) is 68.3 Å². The van der Waals surface area contributed by atoms with Crippen LogP contribution < -0.4 is 11.1 Å². The van der Waals surface area contributed by atoms with Crippen molar-refractivity contribution in [3.05, 3.63) is 34.5 Å². The summed E-state index contributed by atoms with van der Waals surface area (Å²) in [5.74, 6) is 0.389. The molecule has 2 rings (SSSR count). The molecule has 102 valence electrons. The lowest BCUT2D eigenvalue weighted by molar-refractivity contribution is -0.123. The van der Waals surface area contributed by atoms with E-state index in [9.17, 15) is 4.79 Å². The van der Waals surface area contributed by atoms with Gasteiger partial charge in [-0.1, -0.05) is 15.9 Å². The lowest BCUT2D eigenvalue weighted by Crippen LogP contribution is -2.51. The molecule has 0 saturated carbocycles. The Morgan fingerprint density at radius 1 is 1.42 bits per heavy atom. The summed E-state index contributed by atoms with van der Waals surface area (Å²) in [5, 5.41) is 4.19. The van der Waals surface area contributed by atoms with E-state index in [4.69, 9.17) is 10.2 Å². The maximum absolute atomic E-state index is 11.3. The number of hydrogen-bond donors (Lipinski definition) is 2. The van der Waals surface area contributed by atoms with E-state index < -0.39 is 11.4 Å². The molecule has 5 heteroatoms. The molecule has 4 nitrogen and oxygen atoms in total. The van der Waals surface area contributed by atoms with Gasteiger partial charge in [0.05, 0.1) is 11.6 Å². The van der Waals surface area contributed by atoms with Crippen LogP contribution in [0.2, 0.25) is 0 Å². The van der Waals surface area contributed by atoms with Crippen molar-refractivity contribution in [1.29, 1.82) is 0 Å². The zero-order valence-corrected chi connectivity index (χ0v) is 12.7. The third-order valence-electron chi connectivity index (χ3n) is 3.12. The predicted octanol–water partition coefficient (Wildman–Crippen LogP) is 3.11. The second-order valence-corrected chi connectivity index (χ2v) is 6.10. The van der Waals surface area contributed by atoms with Crippen LogP contribution in [0.15, 0.2) is 33.2 Å². The quantitative estimate of drug-likeness (QED) is 0.907. The lowest BCUT2D eigenvalue weighted by Gasteiger charge is -2.25. The highest BCUT2D eigenvalue weighted by molar-refractivity contribution is 9.10. The van der Waals surface area contributed by atoms with Gasteiger partial charge in [-0.15, -0.1) is 0 Å². The Balaban J connectivity index is 2.26. The molecule has 1 aromatic carbocycles. The van der Waals surface area contributed by atoms with Crippen LogP contribution in [0.3, 0.4) is 0 Å². The van der Waals surface area contributed by atoms with Gasteiger partial charge in [-0.2, -0.15) is 0 Å². The fourth-order valence-electron chi connectivity index (χ4n) is 1.93. The molecule has 3 N–H and O–H groups in total. The van der Waals surface area contributed by atoms with Gasteiger partial charge in [0, 0.05) is 9.86 Å². The Morgan fingerprint density at radius 3 is 2.74 bits per heavy atom. The van der Waals surface area contributed by atoms with Gasteiger partial charge >= 0.3 is 0 Å². The number of halogens is 1. The van der Waals surface area contributed by atoms with Crippen molar-refractivity contribution in [1.82, 2.24) is 5.32 Å². The van der Waals surface area contributed by atoms with Gasteiger partial charge in [0.15, 0.2) is 0 Å². The first kappa shape index (κ1) is 14.1. The Hall–Kier alpha value is -1.33. The number of primary amides is 1. The van der Waals surface area contributed by atoms with Gasteiger partial charge in [-0.3, -0.25) is 10.1 Å². The molecule has 1 aromatic heterocycles. The highest BCUT2D eigenvalue weighted by atomic mass is 79.9. The molecule has 0 aliphatic carbocycles. The van der Waals surface area contributed by atoms with Gasteiger partial charge in [0.25, 0.3) is 0 Å². The van der Waals surface area contributed by atoms with E-state index in [0.717, 1.165) is 21.2 Å². The zero-order chi connectivity index (χ0) is 14.2. The summed E-state index contributed by atoms with van der Waals surface area (Å²) in [6.07, 6.45) is 0. The average Bonchev–Trinajstić information content (AvgIpc) is 2.71. The van der Waals surface area contributed by atoms with E-state index in [2.05, 4.69) is 21.2 Å². The normalized spacial score (nSPS) is 13.7. The fraction of sp³-hybridized carbons (Fsp3) is 0.357. The summed E-state index contributed by atoms with van der Waals surface area (Å²) in [5.41, 5.74) is 5.40. The maximum atomic E-state index is 11.3. The molecule has 1 unspecified atom stereocenters. The number of nitrogens with two attached hydrogens (primary N) is 1. The first-order valence-corrected chi connectivity index (χ1v) is 6.85. The Kier molecular flexibility index (Phi) is 3.69. The van der Waals surface area contributed by atoms with Crippen molar-refractivity contribution in [2.75, 3.05) is 0 Å². The molecular formula is C14H17BrN2O2. The van der Waals surface area contributed by atoms with Crippen molar-refractivity contribution in [2.45, 2.75) is 32.4 Å². The van der Waals surface area contributed by atoms with Crippen molar-refractivity contribution >= 4 is 32.8 Å². The summed E-state index contributed by atoms with van der Waals surface area (Å²) >= 11 is 3.43. The third kappa shape index (κ3) is 2.98. The lowest BCUT2D eigenvalue weighted by atomic mass is 10.0. The number of carbonyl (C=O) groups is 1. The summed E-state index contributed by atoms with van der Waals surface area (Å²) in [6.45, 7) is 5.45. The molecule has 0 aliphatic rings. The Labute approximate surface area is 120 Å². The van der Waals surface area contributed by atoms with Crippen molar-refractivity contribution in [3.63, 3.8) is 0 Å². The van der Waals surface area contributed by atoms with Gasteiger partial charge < -0.3 is 10.2 Å². The summed E-state index contributed by atoms with van der Waals surface area (Å²) in [4.78, 5) is 11.3. The van der Waals surface area contributed by atoms with Crippen LogP contribution in [0, 0.1) is 0 Å². The first-order valence-electron chi connectivity index (χ1n) is 6.06. The minimum Gasteiger partial charge on any atom is -0.459 e. The highest BCUT2D eigenvalue weighted by Crippen LogP contribution is 2.27. The smallest absolute Gasteiger partial charge is 0.237 e. The monoisotopic (exact) mass is 324 g/mol. The van der Waals surface area contributed by atoms with Crippen LogP contribution >= 0.6 is 15.9 Å². The predicted molar refractivity (Wildman–Crippen MR) is 78.7 cm³/mol. The number of benzene rings is 1. The molecule has 1 amide bonds. The highest BCUT2D eigenvalue weighted by Gasteiger charge is 2.27. The van der Waals surface area contributed by atoms with Crippen LogP contribution in [0.1, 0.15) is 32.6 Å². The van der Waals surface area contributed by atoms with E-state index in [0.29, 0.717) is 0 Å². The molecule has 0 aliphatic heterocycles.